The zero-order valence-electron chi connectivity index (χ0n) is 19.3. The number of hydrogen-bond acceptors (Lipinski definition) is 5. The van der Waals surface area contributed by atoms with E-state index in [1.807, 2.05) is 74.5 Å². The maximum Gasteiger partial charge on any atom is 0.290 e. The topological polar surface area (TPSA) is 69.0 Å². The van der Waals surface area contributed by atoms with E-state index in [0.29, 0.717) is 41.2 Å². The van der Waals surface area contributed by atoms with Gasteiger partial charge in [0.05, 0.1) is 23.6 Å². The van der Waals surface area contributed by atoms with Crippen molar-refractivity contribution in [2.45, 2.75) is 19.9 Å². The average molecular weight is 456 g/mol. The van der Waals surface area contributed by atoms with Crippen LogP contribution >= 0.6 is 0 Å². The molecule has 1 atom stereocenters. The van der Waals surface area contributed by atoms with Crippen molar-refractivity contribution in [3.05, 3.63) is 105 Å². The third kappa shape index (κ3) is 3.76. The van der Waals surface area contributed by atoms with Gasteiger partial charge in [-0.15, -0.1) is 0 Å². The quantitative estimate of drug-likeness (QED) is 0.390. The molecule has 0 bridgehead atoms. The van der Waals surface area contributed by atoms with Gasteiger partial charge in [-0.2, -0.15) is 0 Å². The lowest BCUT2D eigenvalue weighted by Gasteiger charge is -2.25. The Morgan fingerprint density at radius 2 is 1.71 bits per heavy atom. The Labute approximate surface area is 197 Å². The third-order valence-electron chi connectivity index (χ3n) is 6.10. The van der Waals surface area contributed by atoms with Crippen LogP contribution in [0.15, 0.2) is 75.9 Å². The van der Waals surface area contributed by atoms with E-state index < -0.39 is 6.04 Å². The van der Waals surface area contributed by atoms with E-state index in [-0.39, 0.29) is 17.1 Å². The fraction of sp³-hybridized carbons (Fsp3) is 0.214. The van der Waals surface area contributed by atoms with Gasteiger partial charge < -0.3 is 18.8 Å². The standard InChI is InChI=1S/C28H25NO5/c1-17-14-18(2)23-22(15-17)34-27-24(26(23)30)25(29(28(27)31)12-13-32-3)19-8-7-11-21(16-19)33-20-9-5-4-6-10-20/h4-11,14-16,25H,12-13H2,1-3H3. The molecule has 0 saturated carbocycles. The van der Waals surface area contributed by atoms with Crippen LogP contribution in [0.1, 0.15) is 38.9 Å². The van der Waals surface area contributed by atoms with Crippen LogP contribution in [0.3, 0.4) is 0 Å². The van der Waals surface area contributed by atoms with Crippen LogP contribution < -0.4 is 10.2 Å². The Morgan fingerprint density at radius 3 is 2.47 bits per heavy atom. The summed E-state index contributed by atoms with van der Waals surface area (Å²) in [5.41, 5.74) is 3.18. The minimum absolute atomic E-state index is 0.0954. The summed E-state index contributed by atoms with van der Waals surface area (Å²) >= 11 is 0. The van der Waals surface area contributed by atoms with Gasteiger partial charge in [-0.05, 0) is 60.9 Å². The first-order valence-electron chi connectivity index (χ1n) is 11.2. The molecule has 0 N–H and O–H groups in total. The van der Waals surface area contributed by atoms with E-state index in [2.05, 4.69) is 0 Å². The SMILES string of the molecule is COCCN1C(=O)c2oc3cc(C)cc(C)c3c(=O)c2C1c1cccc(Oc2ccccc2)c1. The van der Waals surface area contributed by atoms with Crippen LogP contribution in [0.5, 0.6) is 11.5 Å². The molecule has 2 heterocycles. The molecular weight excluding hydrogens is 430 g/mol. The molecule has 1 aliphatic rings. The molecule has 1 aromatic heterocycles. The van der Waals surface area contributed by atoms with Gasteiger partial charge in [0, 0.05) is 13.7 Å². The third-order valence-corrected chi connectivity index (χ3v) is 6.10. The number of aryl methyl sites for hydroxylation is 2. The molecule has 1 aliphatic heterocycles. The predicted octanol–water partition coefficient (Wildman–Crippen LogP) is 5.39. The van der Waals surface area contributed by atoms with Gasteiger partial charge in [0.2, 0.25) is 5.76 Å². The monoisotopic (exact) mass is 455 g/mol. The van der Waals surface area contributed by atoms with Crippen LogP contribution in [-0.4, -0.2) is 31.1 Å². The van der Waals surface area contributed by atoms with E-state index in [4.69, 9.17) is 13.9 Å². The first-order valence-corrected chi connectivity index (χ1v) is 11.2. The molecule has 1 amide bonds. The second kappa shape index (κ2) is 8.80. The maximum atomic E-state index is 13.8. The molecule has 4 aromatic rings. The van der Waals surface area contributed by atoms with E-state index in [0.717, 1.165) is 16.7 Å². The van der Waals surface area contributed by atoms with E-state index >= 15 is 0 Å². The highest BCUT2D eigenvalue weighted by Gasteiger charge is 2.42. The number of para-hydroxylation sites is 1. The van der Waals surface area contributed by atoms with Gasteiger partial charge in [0.1, 0.15) is 17.1 Å². The van der Waals surface area contributed by atoms with Crippen molar-refractivity contribution in [2.24, 2.45) is 0 Å². The fourth-order valence-electron chi connectivity index (χ4n) is 4.65. The molecule has 5 rings (SSSR count). The molecule has 6 nitrogen and oxygen atoms in total. The number of benzene rings is 3. The summed E-state index contributed by atoms with van der Waals surface area (Å²) in [7, 11) is 1.58. The molecule has 0 spiro atoms. The molecule has 34 heavy (non-hydrogen) atoms. The number of hydrogen-bond donors (Lipinski definition) is 0. The highest BCUT2D eigenvalue weighted by molar-refractivity contribution is 5.99. The molecule has 172 valence electrons. The molecular formula is C28H25NO5. The molecule has 0 saturated heterocycles. The normalized spacial score (nSPS) is 15.1. The minimum Gasteiger partial charge on any atom is -0.457 e. The summed E-state index contributed by atoms with van der Waals surface area (Å²) in [6.07, 6.45) is 0. The molecule has 3 aromatic carbocycles. The lowest BCUT2D eigenvalue weighted by molar-refractivity contribution is 0.0663. The van der Waals surface area contributed by atoms with Crippen LogP contribution in [0.2, 0.25) is 0 Å². The highest BCUT2D eigenvalue weighted by atomic mass is 16.5. The maximum absolute atomic E-state index is 13.8. The van der Waals surface area contributed by atoms with Crippen LogP contribution in [0.4, 0.5) is 0 Å². The zero-order valence-corrected chi connectivity index (χ0v) is 19.3. The number of methoxy groups -OCH3 is 1. The second-order valence-electron chi connectivity index (χ2n) is 8.51. The summed E-state index contributed by atoms with van der Waals surface area (Å²) in [5, 5.41) is 0.507. The number of nitrogens with zero attached hydrogens (tertiary/aromatic N) is 1. The van der Waals surface area contributed by atoms with Crippen molar-refractivity contribution < 1.29 is 18.7 Å². The van der Waals surface area contributed by atoms with E-state index in [9.17, 15) is 9.59 Å². The van der Waals surface area contributed by atoms with Gasteiger partial charge in [0.25, 0.3) is 5.91 Å². The summed E-state index contributed by atoms with van der Waals surface area (Å²) in [6, 6.07) is 20.1. The molecule has 1 unspecified atom stereocenters. The van der Waals surface area contributed by atoms with Gasteiger partial charge >= 0.3 is 0 Å². The first-order chi connectivity index (χ1) is 16.5. The first kappa shape index (κ1) is 21.9. The van der Waals surface area contributed by atoms with Crippen molar-refractivity contribution >= 4 is 16.9 Å². The van der Waals surface area contributed by atoms with Crippen molar-refractivity contribution in [1.82, 2.24) is 4.90 Å². The summed E-state index contributed by atoms with van der Waals surface area (Å²) in [4.78, 5) is 28.9. The Hall–Kier alpha value is -3.90. The Morgan fingerprint density at radius 1 is 0.941 bits per heavy atom. The van der Waals surface area contributed by atoms with Gasteiger partial charge in [-0.1, -0.05) is 36.4 Å². The summed E-state index contributed by atoms with van der Waals surface area (Å²) in [6.45, 7) is 4.49. The second-order valence-corrected chi connectivity index (χ2v) is 8.51. The van der Waals surface area contributed by atoms with Crippen molar-refractivity contribution in [2.75, 3.05) is 20.3 Å². The van der Waals surface area contributed by atoms with Crippen LogP contribution in [0.25, 0.3) is 11.0 Å². The minimum atomic E-state index is -0.599. The summed E-state index contributed by atoms with van der Waals surface area (Å²) < 4.78 is 17.3. The lowest BCUT2D eigenvalue weighted by atomic mass is 9.96. The molecule has 0 aliphatic carbocycles. The van der Waals surface area contributed by atoms with Gasteiger partial charge in [-0.3, -0.25) is 9.59 Å². The zero-order chi connectivity index (χ0) is 23.8. The van der Waals surface area contributed by atoms with Crippen LogP contribution in [-0.2, 0) is 4.74 Å². The molecule has 6 heteroatoms. The number of carbonyl (C=O) groups is 1. The number of fused-ring (bicyclic) bond motifs is 2. The Kier molecular flexibility index (Phi) is 5.67. The predicted molar refractivity (Wildman–Crippen MR) is 130 cm³/mol. The average Bonchev–Trinajstić information content (AvgIpc) is 3.10. The lowest BCUT2D eigenvalue weighted by Crippen LogP contribution is -2.32. The Bertz CT molecular complexity index is 1440. The largest absolute Gasteiger partial charge is 0.457 e. The Balaban J connectivity index is 1.67. The number of amides is 1. The smallest absolute Gasteiger partial charge is 0.290 e. The summed E-state index contributed by atoms with van der Waals surface area (Å²) in [5.74, 6) is 1.10. The number of carbonyl (C=O) groups excluding carboxylic acids is 1. The van der Waals surface area contributed by atoms with E-state index in [1.165, 1.54) is 0 Å². The van der Waals surface area contributed by atoms with Crippen LogP contribution in [0, 0.1) is 13.8 Å². The highest BCUT2D eigenvalue weighted by Crippen LogP contribution is 2.39. The fourth-order valence-corrected chi connectivity index (χ4v) is 4.65. The number of ether oxygens (including phenoxy) is 2. The van der Waals surface area contributed by atoms with Crippen molar-refractivity contribution in [3.8, 4) is 11.5 Å². The number of rotatable bonds is 6. The van der Waals surface area contributed by atoms with E-state index in [1.54, 1.807) is 18.1 Å². The van der Waals surface area contributed by atoms with Gasteiger partial charge in [-0.25, -0.2) is 0 Å². The molecule has 0 radical (unpaired) electrons. The van der Waals surface area contributed by atoms with Gasteiger partial charge in [0.15, 0.2) is 5.43 Å². The van der Waals surface area contributed by atoms with Crippen molar-refractivity contribution in [1.29, 1.82) is 0 Å². The van der Waals surface area contributed by atoms with Crippen molar-refractivity contribution in [3.63, 3.8) is 0 Å². The molecule has 0 fully saturated rings.